The first kappa shape index (κ1) is 18.8. The Kier molecular flexibility index (Phi) is 5.48. The summed E-state index contributed by atoms with van der Waals surface area (Å²) in [6.45, 7) is 4.04. The number of phenolic OH excluding ortho intramolecular Hbond substituents is 1. The molecule has 1 amide bonds. The Balaban J connectivity index is 1.75. The smallest absolute Gasteiger partial charge is 0.293 e. The summed E-state index contributed by atoms with van der Waals surface area (Å²) in [7, 11) is 0. The maximum Gasteiger partial charge on any atom is 0.293 e. The van der Waals surface area contributed by atoms with Crippen molar-refractivity contribution in [1.29, 1.82) is 0 Å². The second-order valence-corrected chi connectivity index (χ2v) is 5.48. The van der Waals surface area contributed by atoms with Crippen LogP contribution in [0.1, 0.15) is 35.6 Å². The number of benzene rings is 1. The van der Waals surface area contributed by atoms with Gasteiger partial charge < -0.3 is 15.6 Å². The molecule has 0 aliphatic rings. The standard InChI is InChI=1S/C16H18N8O4/c1-3-10-13(19-23-24(10)15-14(17)21-28-22-15)16(26)20-18-8-9-5-6-11(25)12(7-9)27-4-2/h5-8,25H,3-4H2,1-2H3,(H2,17,21)(H,20,26). The van der Waals surface area contributed by atoms with Crippen LogP contribution in [-0.4, -0.2) is 49.1 Å². The molecule has 12 heteroatoms. The second-order valence-electron chi connectivity index (χ2n) is 5.48. The van der Waals surface area contributed by atoms with Gasteiger partial charge in [-0.25, -0.2) is 10.1 Å². The van der Waals surface area contributed by atoms with Crippen LogP contribution in [-0.2, 0) is 6.42 Å². The van der Waals surface area contributed by atoms with Crippen LogP contribution < -0.4 is 15.9 Å². The number of amides is 1. The summed E-state index contributed by atoms with van der Waals surface area (Å²) >= 11 is 0. The first-order valence-electron chi connectivity index (χ1n) is 8.37. The first-order valence-corrected chi connectivity index (χ1v) is 8.37. The van der Waals surface area contributed by atoms with Gasteiger partial charge >= 0.3 is 0 Å². The van der Waals surface area contributed by atoms with Gasteiger partial charge in [0.15, 0.2) is 17.2 Å². The van der Waals surface area contributed by atoms with Gasteiger partial charge in [0.25, 0.3) is 5.91 Å². The van der Waals surface area contributed by atoms with Gasteiger partial charge in [0.05, 0.1) is 18.5 Å². The lowest BCUT2D eigenvalue weighted by Gasteiger charge is -2.06. The molecule has 0 spiro atoms. The Bertz CT molecular complexity index is 1010. The molecule has 0 saturated carbocycles. The lowest BCUT2D eigenvalue weighted by atomic mass is 10.2. The van der Waals surface area contributed by atoms with Crippen LogP contribution in [0.4, 0.5) is 5.82 Å². The number of carbonyl (C=O) groups is 1. The third-order valence-electron chi connectivity index (χ3n) is 3.67. The maximum atomic E-state index is 12.4. The molecule has 2 aromatic heterocycles. The highest BCUT2D eigenvalue weighted by molar-refractivity contribution is 5.94. The molecule has 0 fully saturated rings. The van der Waals surface area contributed by atoms with Gasteiger partial charge in [-0.15, -0.1) is 5.10 Å². The molecular formula is C16H18N8O4. The maximum absolute atomic E-state index is 12.4. The Morgan fingerprint density at radius 3 is 2.93 bits per heavy atom. The summed E-state index contributed by atoms with van der Waals surface area (Å²) in [6.07, 6.45) is 1.84. The first-order chi connectivity index (χ1) is 13.5. The number of hydrogen-bond acceptors (Lipinski definition) is 10. The van der Waals surface area contributed by atoms with Crippen molar-refractivity contribution < 1.29 is 19.3 Å². The molecule has 0 aliphatic heterocycles. The summed E-state index contributed by atoms with van der Waals surface area (Å²) in [5, 5.41) is 28.5. The van der Waals surface area contributed by atoms with Crippen molar-refractivity contribution in [1.82, 2.24) is 30.7 Å². The Morgan fingerprint density at radius 1 is 1.43 bits per heavy atom. The minimum absolute atomic E-state index is 0.0221. The molecule has 2 heterocycles. The molecule has 0 unspecified atom stereocenters. The van der Waals surface area contributed by atoms with Crippen molar-refractivity contribution in [2.24, 2.45) is 5.10 Å². The SMILES string of the molecule is CCOc1cc(C=NNC(=O)c2nnn(-c3nonc3N)c2CC)ccc1O. The number of nitrogen functional groups attached to an aromatic ring is 1. The molecule has 0 aliphatic carbocycles. The predicted octanol–water partition coefficient (Wildman–Crippen LogP) is 0.663. The van der Waals surface area contributed by atoms with E-state index in [1.807, 2.05) is 13.8 Å². The van der Waals surface area contributed by atoms with Crippen LogP contribution in [0, 0.1) is 0 Å². The van der Waals surface area contributed by atoms with Crippen LogP contribution in [0.2, 0.25) is 0 Å². The van der Waals surface area contributed by atoms with Crippen molar-refractivity contribution in [3.8, 4) is 17.3 Å². The van der Waals surface area contributed by atoms with E-state index in [1.165, 1.54) is 17.0 Å². The van der Waals surface area contributed by atoms with Gasteiger partial charge in [-0.3, -0.25) is 4.79 Å². The number of anilines is 1. The average molecular weight is 386 g/mol. The molecule has 28 heavy (non-hydrogen) atoms. The Morgan fingerprint density at radius 2 is 2.25 bits per heavy atom. The van der Waals surface area contributed by atoms with Crippen LogP contribution in [0.15, 0.2) is 27.9 Å². The highest BCUT2D eigenvalue weighted by atomic mass is 16.6. The van der Waals surface area contributed by atoms with E-state index in [2.05, 4.69) is 35.8 Å². The van der Waals surface area contributed by atoms with Crippen LogP contribution in [0.3, 0.4) is 0 Å². The summed E-state index contributed by atoms with van der Waals surface area (Å²) in [4.78, 5) is 12.4. The van der Waals surface area contributed by atoms with Crippen LogP contribution >= 0.6 is 0 Å². The number of aromatic hydroxyl groups is 1. The van der Waals surface area contributed by atoms with E-state index in [9.17, 15) is 9.90 Å². The van der Waals surface area contributed by atoms with E-state index < -0.39 is 5.91 Å². The Labute approximate surface area is 158 Å². The molecule has 0 radical (unpaired) electrons. The summed E-state index contributed by atoms with van der Waals surface area (Å²) in [5.41, 5.74) is 9.21. The Hall–Kier alpha value is -3.96. The average Bonchev–Trinajstić information content (AvgIpc) is 3.29. The molecule has 146 valence electrons. The number of phenols is 1. The number of rotatable bonds is 7. The highest BCUT2D eigenvalue weighted by Crippen LogP contribution is 2.26. The largest absolute Gasteiger partial charge is 0.504 e. The van der Waals surface area contributed by atoms with Crippen molar-refractivity contribution >= 4 is 17.9 Å². The summed E-state index contributed by atoms with van der Waals surface area (Å²) < 4.78 is 11.1. The van der Waals surface area contributed by atoms with E-state index in [0.29, 0.717) is 30.0 Å². The van der Waals surface area contributed by atoms with Crippen molar-refractivity contribution in [2.75, 3.05) is 12.3 Å². The quantitative estimate of drug-likeness (QED) is 0.390. The molecule has 3 rings (SSSR count). The zero-order chi connectivity index (χ0) is 20.1. The molecular weight excluding hydrogens is 368 g/mol. The van der Waals surface area contributed by atoms with Crippen molar-refractivity contribution in [3.05, 3.63) is 35.2 Å². The van der Waals surface area contributed by atoms with Gasteiger partial charge in [0.2, 0.25) is 11.6 Å². The number of hydrogen-bond donors (Lipinski definition) is 3. The van der Waals surface area contributed by atoms with Crippen LogP contribution in [0.5, 0.6) is 11.5 Å². The van der Waals surface area contributed by atoms with E-state index in [1.54, 1.807) is 12.1 Å². The normalized spacial score (nSPS) is 11.1. The van der Waals surface area contributed by atoms with Crippen molar-refractivity contribution in [3.63, 3.8) is 0 Å². The minimum Gasteiger partial charge on any atom is -0.504 e. The lowest BCUT2D eigenvalue weighted by Crippen LogP contribution is -2.20. The predicted molar refractivity (Wildman–Crippen MR) is 97.3 cm³/mol. The molecule has 0 saturated heterocycles. The number of nitrogens with one attached hydrogen (secondary N) is 1. The minimum atomic E-state index is -0.557. The number of carbonyl (C=O) groups excluding carboxylic acids is 1. The zero-order valence-corrected chi connectivity index (χ0v) is 15.2. The van der Waals surface area contributed by atoms with E-state index >= 15 is 0 Å². The zero-order valence-electron chi connectivity index (χ0n) is 15.2. The third kappa shape index (κ3) is 3.75. The molecule has 1 aromatic carbocycles. The topological polar surface area (TPSA) is 167 Å². The number of ether oxygens (including phenoxy) is 1. The van der Waals surface area contributed by atoms with Gasteiger partial charge in [-0.1, -0.05) is 12.1 Å². The fourth-order valence-corrected chi connectivity index (χ4v) is 2.40. The molecule has 3 aromatic rings. The highest BCUT2D eigenvalue weighted by Gasteiger charge is 2.22. The monoisotopic (exact) mass is 386 g/mol. The van der Waals surface area contributed by atoms with Crippen molar-refractivity contribution in [2.45, 2.75) is 20.3 Å². The fraction of sp³-hybridized carbons (Fsp3) is 0.250. The van der Waals surface area contributed by atoms with E-state index in [0.717, 1.165) is 0 Å². The third-order valence-corrected chi connectivity index (χ3v) is 3.67. The summed E-state index contributed by atoms with van der Waals surface area (Å²) in [6, 6.07) is 4.70. The van der Waals surface area contributed by atoms with Crippen LogP contribution in [0.25, 0.3) is 5.82 Å². The number of nitrogens with two attached hydrogens (primary N) is 1. The number of aromatic nitrogens is 5. The fourth-order valence-electron chi connectivity index (χ4n) is 2.40. The number of nitrogens with zero attached hydrogens (tertiary/aromatic N) is 6. The van der Waals surface area contributed by atoms with Gasteiger partial charge in [-0.2, -0.15) is 9.78 Å². The van der Waals surface area contributed by atoms with E-state index in [4.69, 9.17) is 10.5 Å². The second kappa shape index (κ2) is 8.16. The van der Waals surface area contributed by atoms with Gasteiger partial charge in [-0.05, 0) is 47.4 Å². The van der Waals surface area contributed by atoms with E-state index in [-0.39, 0.29) is 23.1 Å². The lowest BCUT2D eigenvalue weighted by molar-refractivity contribution is 0.0949. The molecule has 0 bridgehead atoms. The molecule has 4 N–H and O–H groups in total. The van der Waals surface area contributed by atoms with Gasteiger partial charge in [0, 0.05) is 0 Å². The number of hydrazone groups is 1. The van der Waals surface area contributed by atoms with Gasteiger partial charge in [0.1, 0.15) is 0 Å². The summed E-state index contributed by atoms with van der Waals surface area (Å²) in [5.74, 6) is -0.0266. The molecule has 0 atom stereocenters. The molecule has 12 nitrogen and oxygen atoms in total.